The standard InChI is InChI=1S/C22H25N5O3S/c1-27(2)14-18-6-7-19(30-18)15-31-11-10-25-21(28)16-4-3-5-17(12-16)26-22(29)20-13-23-8-9-24-20/h3-9,12-13H,10-11,14-15H2,1-2H3,(H,25,28)(H,26,29). The summed E-state index contributed by atoms with van der Waals surface area (Å²) in [4.78, 5) is 34.5. The van der Waals surface area contributed by atoms with E-state index in [4.69, 9.17) is 4.42 Å². The molecule has 0 fully saturated rings. The molecular formula is C22H25N5O3S. The van der Waals surface area contributed by atoms with Gasteiger partial charge in [0.1, 0.15) is 17.2 Å². The molecule has 0 bridgehead atoms. The number of nitrogens with one attached hydrogen (secondary N) is 2. The second-order valence-corrected chi connectivity index (χ2v) is 8.15. The van der Waals surface area contributed by atoms with Crippen LogP contribution in [-0.4, -0.2) is 53.1 Å². The normalized spacial score (nSPS) is 10.8. The zero-order valence-corrected chi connectivity index (χ0v) is 18.3. The molecule has 31 heavy (non-hydrogen) atoms. The Morgan fingerprint density at radius 1 is 1.10 bits per heavy atom. The Balaban J connectivity index is 1.42. The molecule has 0 aliphatic rings. The van der Waals surface area contributed by atoms with Gasteiger partial charge in [0.25, 0.3) is 11.8 Å². The quantitative estimate of drug-likeness (QED) is 0.468. The van der Waals surface area contributed by atoms with Gasteiger partial charge in [-0.1, -0.05) is 6.07 Å². The van der Waals surface area contributed by atoms with E-state index in [-0.39, 0.29) is 17.5 Å². The van der Waals surface area contributed by atoms with Gasteiger partial charge in [0.2, 0.25) is 0 Å². The van der Waals surface area contributed by atoms with Crippen molar-refractivity contribution >= 4 is 29.3 Å². The number of rotatable bonds is 10. The van der Waals surface area contributed by atoms with Crippen LogP contribution in [0.3, 0.4) is 0 Å². The first kappa shape index (κ1) is 22.5. The Morgan fingerprint density at radius 2 is 1.94 bits per heavy atom. The summed E-state index contributed by atoms with van der Waals surface area (Å²) in [6, 6.07) is 10.8. The predicted molar refractivity (Wildman–Crippen MR) is 121 cm³/mol. The molecule has 3 aromatic rings. The fraction of sp³-hybridized carbons (Fsp3) is 0.273. The number of hydrogen-bond donors (Lipinski definition) is 2. The van der Waals surface area contributed by atoms with Gasteiger partial charge >= 0.3 is 0 Å². The zero-order chi connectivity index (χ0) is 22.1. The molecule has 0 saturated heterocycles. The number of hydrogen-bond acceptors (Lipinski definition) is 7. The highest BCUT2D eigenvalue weighted by molar-refractivity contribution is 7.98. The van der Waals surface area contributed by atoms with Crippen LogP contribution in [0.15, 0.2) is 59.4 Å². The zero-order valence-electron chi connectivity index (χ0n) is 17.5. The molecule has 1 aromatic carbocycles. The van der Waals surface area contributed by atoms with Gasteiger partial charge in [-0.2, -0.15) is 11.8 Å². The first-order valence-electron chi connectivity index (χ1n) is 9.77. The molecule has 2 aromatic heterocycles. The van der Waals surface area contributed by atoms with Crippen LogP contribution >= 0.6 is 11.8 Å². The summed E-state index contributed by atoms with van der Waals surface area (Å²) in [7, 11) is 4.00. The first-order chi connectivity index (χ1) is 15.0. The fourth-order valence-corrected chi connectivity index (χ4v) is 3.50. The van der Waals surface area contributed by atoms with E-state index in [2.05, 4.69) is 25.5 Å². The van der Waals surface area contributed by atoms with E-state index in [1.165, 1.54) is 18.6 Å². The second-order valence-electron chi connectivity index (χ2n) is 7.04. The summed E-state index contributed by atoms with van der Waals surface area (Å²) in [5, 5.41) is 5.62. The number of nitrogens with zero attached hydrogens (tertiary/aromatic N) is 3. The summed E-state index contributed by atoms with van der Waals surface area (Å²) in [5.74, 6) is 2.82. The van der Waals surface area contributed by atoms with Gasteiger partial charge < -0.3 is 20.0 Å². The highest BCUT2D eigenvalue weighted by atomic mass is 32.2. The molecule has 162 valence electrons. The summed E-state index contributed by atoms with van der Waals surface area (Å²) in [6.07, 6.45) is 4.33. The van der Waals surface area contributed by atoms with Gasteiger partial charge in [0.05, 0.1) is 18.5 Å². The van der Waals surface area contributed by atoms with Crippen molar-refractivity contribution in [3.63, 3.8) is 0 Å². The van der Waals surface area contributed by atoms with Crippen molar-refractivity contribution in [3.8, 4) is 0 Å². The van der Waals surface area contributed by atoms with E-state index in [0.29, 0.717) is 17.8 Å². The van der Waals surface area contributed by atoms with Crippen molar-refractivity contribution in [1.82, 2.24) is 20.2 Å². The van der Waals surface area contributed by atoms with E-state index in [1.807, 2.05) is 26.2 Å². The molecule has 0 spiro atoms. The number of carbonyl (C=O) groups excluding carboxylic acids is 2. The Bertz CT molecular complexity index is 1010. The molecule has 0 unspecified atom stereocenters. The lowest BCUT2D eigenvalue weighted by atomic mass is 10.2. The maximum atomic E-state index is 12.4. The Morgan fingerprint density at radius 3 is 2.71 bits per heavy atom. The van der Waals surface area contributed by atoms with Crippen LogP contribution in [0.25, 0.3) is 0 Å². The Labute approximate surface area is 185 Å². The minimum atomic E-state index is -0.381. The predicted octanol–water partition coefficient (Wildman–Crippen LogP) is 3.05. The number of aromatic nitrogens is 2. The highest BCUT2D eigenvalue weighted by Gasteiger charge is 2.10. The van der Waals surface area contributed by atoms with Crippen LogP contribution < -0.4 is 10.6 Å². The molecule has 9 heteroatoms. The van der Waals surface area contributed by atoms with Crippen molar-refractivity contribution < 1.29 is 14.0 Å². The Hall–Kier alpha value is -3.17. The number of carbonyl (C=O) groups is 2. The van der Waals surface area contributed by atoms with E-state index < -0.39 is 0 Å². The topological polar surface area (TPSA) is 100 Å². The van der Waals surface area contributed by atoms with Crippen LogP contribution in [0.4, 0.5) is 5.69 Å². The number of benzene rings is 1. The average Bonchev–Trinajstić information content (AvgIpc) is 3.20. The molecule has 2 amide bonds. The maximum absolute atomic E-state index is 12.4. The number of furan rings is 1. The second kappa shape index (κ2) is 11.3. The summed E-state index contributed by atoms with van der Waals surface area (Å²) < 4.78 is 5.78. The molecule has 3 rings (SSSR count). The van der Waals surface area contributed by atoms with Crippen molar-refractivity contribution in [2.75, 3.05) is 31.7 Å². The Kier molecular flexibility index (Phi) is 8.19. The molecule has 0 aliphatic heterocycles. The third kappa shape index (κ3) is 7.23. The van der Waals surface area contributed by atoms with Gasteiger partial charge in [-0.15, -0.1) is 0 Å². The maximum Gasteiger partial charge on any atom is 0.275 e. The largest absolute Gasteiger partial charge is 0.464 e. The van der Waals surface area contributed by atoms with Crippen molar-refractivity contribution in [3.05, 3.63) is 77.8 Å². The lowest BCUT2D eigenvalue weighted by Gasteiger charge is -2.08. The monoisotopic (exact) mass is 439 g/mol. The van der Waals surface area contributed by atoms with Crippen LogP contribution in [0.2, 0.25) is 0 Å². The van der Waals surface area contributed by atoms with E-state index in [9.17, 15) is 9.59 Å². The lowest BCUT2D eigenvalue weighted by Crippen LogP contribution is -2.26. The third-order valence-corrected chi connectivity index (χ3v) is 5.13. The van der Waals surface area contributed by atoms with Crippen LogP contribution in [0.1, 0.15) is 32.4 Å². The van der Waals surface area contributed by atoms with Crippen LogP contribution in [0, 0.1) is 0 Å². The minimum Gasteiger partial charge on any atom is -0.464 e. The number of amides is 2. The SMILES string of the molecule is CN(C)Cc1ccc(CSCCNC(=O)c2cccc(NC(=O)c3cnccn3)c2)o1. The van der Waals surface area contributed by atoms with Gasteiger partial charge in [-0.3, -0.25) is 14.6 Å². The minimum absolute atomic E-state index is 0.192. The fourth-order valence-electron chi connectivity index (χ4n) is 2.76. The van der Waals surface area contributed by atoms with Crippen LogP contribution in [0.5, 0.6) is 0 Å². The molecule has 8 nitrogen and oxygen atoms in total. The van der Waals surface area contributed by atoms with Crippen molar-refractivity contribution in [2.24, 2.45) is 0 Å². The summed E-state index contributed by atoms with van der Waals surface area (Å²) >= 11 is 1.69. The third-order valence-electron chi connectivity index (χ3n) is 4.14. The smallest absolute Gasteiger partial charge is 0.275 e. The number of anilines is 1. The molecule has 0 aliphatic carbocycles. The molecule has 0 atom stereocenters. The number of thioether (sulfide) groups is 1. The van der Waals surface area contributed by atoms with Crippen LogP contribution in [-0.2, 0) is 12.3 Å². The van der Waals surface area contributed by atoms with Gasteiger partial charge in [0, 0.05) is 35.9 Å². The van der Waals surface area contributed by atoms with E-state index >= 15 is 0 Å². The first-order valence-corrected chi connectivity index (χ1v) is 10.9. The molecule has 0 saturated carbocycles. The van der Waals surface area contributed by atoms with Gasteiger partial charge in [0.15, 0.2) is 0 Å². The van der Waals surface area contributed by atoms with Crippen molar-refractivity contribution in [1.29, 1.82) is 0 Å². The van der Waals surface area contributed by atoms with Gasteiger partial charge in [-0.05, 0) is 44.4 Å². The average molecular weight is 440 g/mol. The lowest BCUT2D eigenvalue weighted by molar-refractivity contribution is 0.0954. The molecule has 2 N–H and O–H groups in total. The highest BCUT2D eigenvalue weighted by Crippen LogP contribution is 2.16. The van der Waals surface area contributed by atoms with E-state index in [1.54, 1.807) is 36.0 Å². The van der Waals surface area contributed by atoms with E-state index in [0.717, 1.165) is 29.6 Å². The molecule has 2 heterocycles. The molecular weight excluding hydrogens is 414 g/mol. The summed E-state index contributed by atoms with van der Waals surface area (Å²) in [6.45, 7) is 1.31. The van der Waals surface area contributed by atoms with Crippen molar-refractivity contribution in [2.45, 2.75) is 12.3 Å². The summed E-state index contributed by atoms with van der Waals surface area (Å²) in [5.41, 5.74) is 1.20. The molecule has 0 radical (unpaired) electrons. The van der Waals surface area contributed by atoms with Gasteiger partial charge in [-0.25, -0.2) is 4.98 Å².